The van der Waals surface area contributed by atoms with Gasteiger partial charge < -0.3 is 14.0 Å². The number of carboxylic acid groups (broad SMARTS) is 1. The Kier molecular flexibility index (Phi) is 5.81. The molecule has 0 atom stereocenters. The third-order valence-electron chi connectivity index (χ3n) is 4.09. The molecule has 3 aromatic carbocycles. The van der Waals surface area contributed by atoms with Crippen LogP contribution in [0.4, 0.5) is 0 Å². The van der Waals surface area contributed by atoms with Gasteiger partial charge in [-0.25, -0.2) is 13.2 Å². The first-order valence-corrected chi connectivity index (χ1v) is 11.3. The van der Waals surface area contributed by atoms with Gasteiger partial charge in [-0.1, -0.05) is 18.2 Å². The molecule has 0 aliphatic carbocycles. The summed E-state index contributed by atoms with van der Waals surface area (Å²) in [7, 11) is -6.93. The van der Waals surface area contributed by atoms with Crippen molar-refractivity contribution in [1.29, 1.82) is 0 Å². The summed E-state index contributed by atoms with van der Waals surface area (Å²) in [6.45, 7) is 0. The molecule has 0 unspecified atom stereocenters. The molecule has 0 radical (unpaired) electrons. The molecule has 0 spiro atoms. The largest absolute Gasteiger partial charge is 0.497 e. The normalized spacial score (nSPS) is 11.6. The van der Waals surface area contributed by atoms with Crippen molar-refractivity contribution in [3.8, 4) is 11.5 Å². The highest BCUT2D eigenvalue weighted by Gasteiger charge is 2.25. The molecule has 0 aliphatic heterocycles. The minimum absolute atomic E-state index is 0.0785. The minimum Gasteiger partial charge on any atom is -0.497 e. The average molecular weight is 448 g/mol. The summed E-state index contributed by atoms with van der Waals surface area (Å²) >= 11 is 0. The van der Waals surface area contributed by atoms with Crippen molar-refractivity contribution in [2.75, 3.05) is 7.11 Å². The van der Waals surface area contributed by atoms with Gasteiger partial charge >= 0.3 is 16.1 Å². The van der Waals surface area contributed by atoms with Crippen LogP contribution in [0, 0.1) is 0 Å². The van der Waals surface area contributed by atoms with Gasteiger partial charge in [0.1, 0.15) is 16.2 Å². The molecule has 0 heterocycles. The second-order valence-electron chi connectivity index (χ2n) is 5.99. The number of hydrogen-bond acceptors (Lipinski definition) is 7. The summed E-state index contributed by atoms with van der Waals surface area (Å²) in [5.41, 5.74) is -0.607. The van der Waals surface area contributed by atoms with Crippen molar-refractivity contribution in [3.63, 3.8) is 0 Å². The number of carbonyl (C=O) groups is 1. The molecule has 156 valence electrons. The quantitative estimate of drug-likeness (QED) is 0.547. The van der Waals surface area contributed by atoms with Crippen LogP contribution in [-0.4, -0.2) is 35.0 Å². The molecule has 3 rings (SSSR count). The molecule has 0 saturated heterocycles. The Labute approximate surface area is 173 Å². The van der Waals surface area contributed by atoms with Gasteiger partial charge in [0.2, 0.25) is 9.84 Å². The third-order valence-corrected chi connectivity index (χ3v) is 7.11. The van der Waals surface area contributed by atoms with E-state index in [-0.39, 0.29) is 14.7 Å². The number of hydrogen-bond donors (Lipinski definition) is 1. The molecule has 0 fully saturated rings. The topological polar surface area (TPSA) is 124 Å². The smallest absolute Gasteiger partial charge is 0.339 e. The zero-order chi connectivity index (χ0) is 21.9. The standard InChI is InChI=1S/C20H16O8S2/c1-27-14-7-9-15(10-8-14)29(23,24)17-11-12-19(18(13-17)20(21)22)28-30(25,26)16-5-3-2-4-6-16/h2-13H,1H3,(H,21,22). The van der Waals surface area contributed by atoms with E-state index in [0.29, 0.717) is 5.75 Å². The van der Waals surface area contributed by atoms with Crippen LogP contribution in [-0.2, 0) is 20.0 Å². The molecular weight excluding hydrogens is 432 g/mol. The second kappa shape index (κ2) is 8.17. The fraction of sp³-hybridized carbons (Fsp3) is 0.0500. The molecule has 0 aromatic heterocycles. The number of ether oxygens (including phenoxy) is 1. The molecule has 3 aromatic rings. The van der Waals surface area contributed by atoms with Crippen molar-refractivity contribution >= 4 is 25.9 Å². The minimum atomic E-state index is -4.30. The van der Waals surface area contributed by atoms with E-state index in [1.807, 2.05) is 0 Å². The van der Waals surface area contributed by atoms with E-state index >= 15 is 0 Å². The number of carboxylic acids is 1. The maximum absolute atomic E-state index is 12.8. The summed E-state index contributed by atoms with van der Waals surface area (Å²) in [4.78, 5) is 11.1. The Morgan fingerprint density at radius 2 is 1.40 bits per heavy atom. The van der Waals surface area contributed by atoms with E-state index in [9.17, 15) is 26.7 Å². The first kappa shape index (κ1) is 21.3. The van der Waals surface area contributed by atoms with E-state index in [1.165, 1.54) is 55.6 Å². The van der Waals surface area contributed by atoms with Crippen LogP contribution < -0.4 is 8.92 Å². The van der Waals surface area contributed by atoms with Crippen LogP contribution in [0.3, 0.4) is 0 Å². The van der Waals surface area contributed by atoms with Gasteiger partial charge in [-0.3, -0.25) is 0 Å². The maximum Gasteiger partial charge on any atom is 0.339 e. The van der Waals surface area contributed by atoms with Crippen LogP contribution in [0.25, 0.3) is 0 Å². The van der Waals surface area contributed by atoms with E-state index in [0.717, 1.165) is 18.2 Å². The lowest BCUT2D eigenvalue weighted by Crippen LogP contribution is -2.13. The first-order valence-electron chi connectivity index (χ1n) is 8.41. The molecule has 1 N–H and O–H groups in total. The monoisotopic (exact) mass is 448 g/mol. The zero-order valence-corrected chi connectivity index (χ0v) is 17.2. The lowest BCUT2D eigenvalue weighted by molar-refractivity contribution is 0.0695. The highest BCUT2D eigenvalue weighted by Crippen LogP contribution is 2.29. The number of aromatic carboxylic acids is 1. The second-order valence-corrected chi connectivity index (χ2v) is 9.49. The fourth-order valence-electron chi connectivity index (χ4n) is 2.56. The Bertz CT molecular complexity index is 1280. The van der Waals surface area contributed by atoms with Gasteiger partial charge in [-0.05, 0) is 54.6 Å². The molecule has 0 bridgehead atoms. The third kappa shape index (κ3) is 4.29. The maximum atomic E-state index is 12.8. The van der Waals surface area contributed by atoms with E-state index in [2.05, 4.69) is 0 Å². The highest BCUT2D eigenvalue weighted by molar-refractivity contribution is 7.91. The zero-order valence-electron chi connectivity index (χ0n) is 15.5. The van der Waals surface area contributed by atoms with Crippen molar-refractivity contribution in [2.45, 2.75) is 14.7 Å². The van der Waals surface area contributed by atoms with Gasteiger partial charge in [-0.15, -0.1) is 0 Å². The summed E-state index contributed by atoms with van der Waals surface area (Å²) in [6.07, 6.45) is 0. The summed E-state index contributed by atoms with van der Waals surface area (Å²) in [5, 5.41) is 9.48. The van der Waals surface area contributed by atoms with Crippen molar-refractivity contribution in [1.82, 2.24) is 0 Å². The number of methoxy groups -OCH3 is 1. The summed E-state index contributed by atoms with van der Waals surface area (Å²) in [5.74, 6) is -1.59. The predicted octanol–water partition coefficient (Wildman–Crippen LogP) is 2.99. The van der Waals surface area contributed by atoms with Crippen molar-refractivity contribution in [3.05, 3.63) is 78.4 Å². The van der Waals surface area contributed by atoms with Crippen molar-refractivity contribution in [2.24, 2.45) is 0 Å². The Morgan fingerprint density at radius 1 is 0.800 bits per heavy atom. The summed E-state index contributed by atoms with van der Waals surface area (Å²) < 4.78 is 60.4. The van der Waals surface area contributed by atoms with Gasteiger partial charge in [-0.2, -0.15) is 8.42 Å². The number of rotatable bonds is 7. The fourth-order valence-corrected chi connectivity index (χ4v) is 4.82. The number of benzene rings is 3. The van der Waals surface area contributed by atoms with Crippen LogP contribution in [0.2, 0.25) is 0 Å². The van der Waals surface area contributed by atoms with Crippen LogP contribution in [0.5, 0.6) is 11.5 Å². The van der Waals surface area contributed by atoms with E-state index < -0.39 is 37.2 Å². The van der Waals surface area contributed by atoms with Gasteiger partial charge in [0.05, 0.1) is 16.9 Å². The molecule has 30 heavy (non-hydrogen) atoms. The average Bonchev–Trinajstić information content (AvgIpc) is 2.74. The Balaban J connectivity index is 2.02. The lowest BCUT2D eigenvalue weighted by atomic mass is 10.2. The van der Waals surface area contributed by atoms with Gasteiger partial charge in [0.15, 0.2) is 5.75 Å². The Morgan fingerprint density at radius 3 is 1.97 bits per heavy atom. The Hall–Kier alpha value is -3.37. The van der Waals surface area contributed by atoms with Gasteiger partial charge in [0, 0.05) is 0 Å². The predicted molar refractivity (Wildman–Crippen MR) is 106 cm³/mol. The molecule has 0 saturated carbocycles. The first-order chi connectivity index (χ1) is 14.1. The lowest BCUT2D eigenvalue weighted by Gasteiger charge is -2.12. The van der Waals surface area contributed by atoms with Crippen LogP contribution in [0.15, 0.2) is 87.5 Å². The molecule has 0 amide bonds. The molecule has 10 heteroatoms. The molecular formula is C20H16O8S2. The van der Waals surface area contributed by atoms with E-state index in [4.69, 9.17) is 8.92 Å². The van der Waals surface area contributed by atoms with Crippen molar-refractivity contribution < 1.29 is 35.7 Å². The number of sulfone groups is 1. The van der Waals surface area contributed by atoms with E-state index in [1.54, 1.807) is 6.07 Å². The molecule has 8 nitrogen and oxygen atoms in total. The highest BCUT2D eigenvalue weighted by atomic mass is 32.2. The van der Waals surface area contributed by atoms with Crippen LogP contribution >= 0.6 is 0 Å². The molecule has 0 aliphatic rings. The SMILES string of the molecule is COc1ccc(S(=O)(=O)c2ccc(OS(=O)(=O)c3ccccc3)c(C(=O)O)c2)cc1. The van der Waals surface area contributed by atoms with Crippen LogP contribution in [0.1, 0.15) is 10.4 Å². The summed E-state index contributed by atoms with van der Waals surface area (Å²) in [6, 6.07) is 15.6. The van der Waals surface area contributed by atoms with Gasteiger partial charge in [0.25, 0.3) is 0 Å².